The van der Waals surface area contributed by atoms with Crippen LogP contribution in [0.4, 0.5) is 13.2 Å². The number of aromatic nitrogens is 1. The van der Waals surface area contributed by atoms with E-state index in [0.717, 1.165) is 47.6 Å². The van der Waals surface area contributed by atoms with Gasteiger partial charge in [-0.15, -0.1) is 0 Å². The van der Waals surface area contributed by atoms with Crippen molar-refractivity contribution in [3.8, 4) is 16.9 Å². The molecule has 4 rings (SSSR count). The second kappa shape index (κ2) is 11.5. The number of carbonyl (C=O) groups is 1. The molecule has 0 saturated heterocycles. The number of alkyl halides is 3. The van der Waals surface area contributed by atoms with E-state index >= 15 is 0 Å². The Labute approximate surface area is 239 Å². The fourth-order valence-corrected chi connectivity index (χ4v) is 5.95. The van der Waals surface area contributed by atoms with Crippen molar-refractivity contribution in [1.29, 1.82) is 0 Å². The average Bonchev–Trinajstić information content (AvgIpc) is 2.91. The monoisotopic (exact) mass is 569 g/mol. The Balaban J connectivity index is 1.68. The number of aryl methyl sites for hydroxylation is 1. The molecule has 2 aromatic carbocycles. The lowest BCUT2D eigenvalue weighted by Gasteiger charge is -2.39. The van der Waals surface area contributed by atoms with Gasteiger partial charge in [0.1, 0.15) is 18.1 Å². The number of rotatable bonds is 8. The Kier molecular flexibility index (Phi) is 8.55. The molecule has 0 aliphatic heterocycles. The third-order valence-corrected chi connectivity index (χ3v) is 8.35. The normalized spacial score (nSPS) is 18.9. The number of benzene rings is 2. The smallest absolute Gasteiger partial charge is 0.433 e. The van der Waals surface area contributed by atoms with Crippen molar-refractivity contribution in [3.05, 3.63) is 82.7 Å². The minimum atomic E-state index is -4.55. The number of ether oxygens (including phenoxy) is 2. The molecule has 220 valence electrons. The summed E-state index contributed by atoms with van der Waals surface area (Å²) in [4.78, 5) is 15.4. The number of carboxylic acids is 1. The van der Waals surface area contributed by atoms with Gasteiger partial charge in [0.2, 0.25) is 0 Å². The van der Waals surface area contributed by atoms with Crippen LogP contribution in [0, 0.1) is 11.3 Å². The van der Waals surface area contributed by atoms with E-state index in [1.807, 2.05) is 58.0 Å². The Morgan fingerprint density at radius 3 is 2.46 bits per heavy atom. The highest BCUT2D eigenvalue weighted by Gasteiger charge is 2.41. The fourth-order valence-electron chi connectivity index (χ4n) is 5.95. The lowest BCUT2D eigenvalue weighted by Crippen LogP contribution is -2.38. The minimum Gasteiger partial charge on any atom is -0.489 e. The highest BCUT2D eigenvalue weighted by atomic mass is 19.4. The van der Waals surface area contributed by atoms with Crippen molar-refractivity contribution in [3.63, 3.8) is 0 Å². The van der Waals surface area contributed by atoms with Gasteiger partial charge >= 0.3 is 12.1 Å². The van der Waals surface area contributed by atoms with Gasteiger partial charge in [-0.25, -0.2) is 0 Å². The van der Waals surface area contributed by atoms with Crippen LogP contribution in [0.15, 0.2) is 54.7 Å². The number of fused-ring (bicyclic) bond motifs is 1. The molecule has 1 N–H and O–H groups in total. The van der Waals surface area contributed by atoms with E-state index in [1.54, 1.807) is 26.2 Å². The van der Waals surface area contributed by atoms with E-state index in [1.165, 1.54) is 6.20 Å². The second-order valence-corrected chi connectivity index (χ2v) is 12.3. The molecule has 0 amide bonds. The van der Waals surface area contributed by atoms with Gasteiger partial charge in [-0.1, -0.05) is 52.8 Å². The fraction of sp³-hybridized carbons (Fsp3) is 0.455. The third kappa shape index (κ3) is 6.43. The third-order valence-electron chi connectivity index (χ3n) is 8.35. The number of hydrogen-bond donors (Lipinski definition) is 1. The summed E-state index contributed by atoms with van der Waals surface area (Å²) in [5.41, 5.74) is 3.01. The number of hydrogen-bond acceptors (Lipinski definition) is 4. The molecule has 5 nitrogen and oxygen atoms in total. The molecule has 3 aromatic rings. The number of nitrogens with zero attached hydrogens (tertiary/aromatic N) is 1. The van der Waals surface area contributed by atoms with Crippen LogP contribution in [0.2, 0.25) is 0 Å². The van der Waals surface area contributed by atoms with Crippen LogP contribution in [0.3, 0.4) is 0 Å². The van der Waals surface area contributed by atoms with Crippen LogP contribution in [0.5, 0.6) is 5.75 Å². The SMILES string of the molecule is COC(c1cc(COc2ccc3c(c2)[C@](C)(C(C)C(=O)O)CCC3)ccc1-c1ccnc(C(F)(F)F)c1)C(C)(C)C. The highest BCUT2D eigenvalue weighted by molar-refractivity contribution is 5.72. The van der Waals surface area contributed by atoms with E-state index in [0.29, 0.717) is 16.9 Å². The molecule has 1 aliphatic rings. The molecule has 0 radical (unpaired) electrons. The molecule has 3 atom stereocenters. The van der Waals surface area contributed by atoms with Crippen LogP contribution < -0.4 is 4.74 Å². The summed E-state index contributed by atoms with van der Waals surface area (Å²) in [6, 6.07) is 14.1. The van der Waals surface area contributed by atoms with Gasteiger partial charge in [0.25, 0.3) is 0 Å². The van der Waals surface area contributed by atoms with Gasteiger partial charge in [-0.05, 0) is 88.4 Å². The highest BCUT2D eigenvalue weighted by Crippen LogP contribution is 2.45. The zero-order valence-corrected chi connectivity index (χ0v) is 24.4. The molecule has 1 aromatic heterocycles. The second-order valence-electron chi connectivity index (χ2n) is 12.3. The molecular formula is C33H38F3NO4. The summed E-state index contributed by atoms with van der Waals surface area (Å²) in [5, 5.41) is 9.75. The van der Waals surface area contributed by atoms with Gasteiger partial charge in [0, 0.05) is 18.7 Å². The lowest BCUT2D eigenvalue weighted by atomic mass is 9.64. The lowest BCUT2D eigenvalue weighted by molar-refractivity contribution is -0.144. The van der Waals surface area contributed by atoms with Crippen LogP contribution in [0.1, 0.15) is 81.5 Å². The summed E-state index contributed by atoms with van der Waals surface area (Å²) in [6.07, 6.45) is -1.15. The van der Waals surface area contributed by atoms with Gasteiger partial charge in [0.05, 0.1) is 12.0 Å². The molecular weight excluding hydrogens is 531 g/mol. The van der Waals surface area contributed by atoms with Crippen molar-refractivity contribution in [2.75, 3.05) is 7.11 Å². The number of methoxy groups -OCH3 is 1. The molecule has 8 heteroatoms. The zero-order chi connectivity index (χ0) is 30.2. The van der Waals surface area contributed by atoms with Crippen molar-refractivity contribution in [1.82, 2.24) is 4.98 Å². The summed E-state index contributed by atoms with van der Waals surface area (Å²) in [5.74, 6) is -0.716. The summed E-state index contributed by atoms with van der Waals surface area (Å²) >= 11 is 0. The van der Waals surface area contributed by atoms with Gasteiger partial charge in [-0.3, -0.25) is 9.78 Å². The predicted octanol–water partition coefficient (Wildman–Crippen LogP) is 8.39. The van der Waals surface area contributed by atoms with Crippen molar-refractivity contribution in [2.24, 2.45) is 11.3 Å². The quantitative estimate of drug-likeness (QED) is 0.295. The first-order chi connectivity index (χ1) is 19.1. The van der Waals surface area contributed by atoms with E-state index in [9.17, 15) is 23.1 Å². The number of carboxylic acid groups (broad SMARTS) is 1. The number of pyridine rings is 1. The molecule has 2 unspecified atom stereocenters. The Bertz CT molecular complexity index is 1410. The molecule has 0 spiro atoms. The van der Waals surface area contributed by atoms with Gasteiger partial charge in [0.15, 0.2) is 0 Å². The molecule has 0 saturated carbocycles. The number of halogens is 3. The Morgan fingerprint density at radius 1 is 1.10 bits per heavy atom. The molecule has 0 fully saturated rings. The average molecular weight is 570 g/mol. The van der Waals surface area contributed by atoms with E-state index in [4.69, 9.17) is 9.47 Å². The summed E-state index contributed by atoms with van der Waals surface area (Å²) in [7, 11) is 1.60. The molecule has 1 heterocycles. The predicted molar refractivity (Wildman–Crippen MR) is 152 cm³/mol. The van der Waals surface area contributed by atoms with Crippen molar-refractivity contribution < 1.29 is 32.5 Å². The molecule has 41 heavy (non-hydrogen) atoms. The van der Waals surface area contributed by atoms with Crippen LogP contribution in [0.25, 0.3) is 11.1 Å². The standard InChI is InChI=1S/C33H38F3NO4/c1-20(30(38)39)32(5)14-7-8-22-10-11-24(18-27(22)32)41-19-21-9-12-25(26(16-21)29(40-6)31(2,3)4)23-13-15-37-28(17-23)33(34,35)36/h9-13,15-18,20,29H,7-8,14,19H2,1-6H3,(H,38,39)/t20?,29?,32-/m0/s1. The van der Waals surface area contributed by atoms with Gasteiger partial charge in [-0.2, -0.15) is 13.2 Å². The van der Waals surface area contributed by atoms with Crippen LogP contribution in [-0.4, -0.2) is 23.2 Å². The summed E-state index contributed by atoms with van der Waals surface area (Å²) < 4.78 is 52.4. The molecule has 1 aliphatic carbocycles. The summed E-state index contributed by atoms with van der Waals surface area (Å²) in [6.45, 7) is 10.1. The largest absolute Gasteiger partial charge is 0.489 e. The number of aliphatic carboxylic acids is 1. The first kappa shape index (κ1) is 30.6. The maximum absolute atomic E-state index is 13.4. The van der Waals surface area contributed by atoms with E-state index in [-0.39, 0.29) is 12.0 Å². The van der Waals surface area contributed by atoms with Crippen molar-refractivity contribution >= 4 is 5.97 Å². The van der Waals surface area contributed by atoms with E-state index < -0.39 is 35.3 Å². The molecule has 0 bridgehead atoms. The maximum atomic E-state index is 13.4. The first-order valence-corrected chi connectivity index (χ1v) is 13.8. The Morgan fingerprint density at radius 2 is 1.83 bits per heavy atom. The van der Waals surface area contributed by atoms with Crippen LogP contribution in [-0.2, 0) is 34.2 Å². The maximum Gasteiger partial charge on any atom is 0.433 e. The zero-order valence-electron chi connectivity index (χ0n) is 24.4. The van der Waals surface area contributed by atoms with Crippen molar-refractivity contribution in [2.45, 2.75) is 78.2 Å². The van der Waals surface area contributed by atoms with E-state index in [2.05, 4.69) is 4.98 Å². The minimum absolute atomic E-state index is 0.224. The topological polar surface area (TPSA) is 68.7 Å². The van der Waals surface area contributed by atoms with Gasteiger partial charge < -0.3 is 14.6 Å². The Hall–Kier alpha value is -3.39. The van der Waals surface area contributed by atoms with Crippen LogP contribution >= 0.6 is 0 Å². The first-order valence-electron chi connectivity index (χ1n) is 13.8.